The summed E-state index contributed by atoms with van der Waals surface area (Å²) in [5, 5.41) is 13.4. The van der Waals surface area contributed by atoms with Gasteiger partial charge in [0.25, 0.3) is 11.6 Å². The Bertz CT molecular complexity index is 817. The van der Waals surface area contributed by atoms with Crippen LogP contribution in [0.2, 0.25) is 0 Å². The zero-order valence-electron chi connectivity index (χ0n) is 14.6. The summed E-state index contributed by atoms with van der Waals surface area (Å²) in [6.45, 7) is 5.66. The van der Waals surface area contributed by atoms with E-state index < -0.39 is 4.92 Å². The first-order valence-electron chi connectivity index (χ1n) is 7.65. The van der Waals surface area contributed by atoms with Gasteiger partial charge in [0, 0.05) is 6.07 Å². The number of methoxy groups -OCH3 is 1. The van der Waals surface area contributed by atoms with Crippen LogP contribution in [0.15, 0.2) is 30.3 Å². The Morgan fingerprint density at radius 3 is 2.48 bits per heavy atom. The van der Waals surface area contributed by atoms with Gasteiger partial charge in [-0.3, -0.25) is 14.9 Å². The molecule has 1 amide bonds. The van der Waals surface area contributed by atoms with Crippen molar-refractivity contribution in [3.8, 4) is 11.5 Å². The Hall–Kier alpha value is -3.09. The van der Waals surface area contributed by atoms with Crippen molar-refractivity contribution in [2.24, 2.45) is 0 Å². The lowest BCUT2D eigenvalue weighted by Gasteiger charge is -2.14. The fourth-order valence-electron chi connectivity index (χ4n) is 2.37. The van der Waals surface area contributed by atoms with E-state index in [4.69, 9.17) is 9.47 Å². The van der Waals surface area contributed by atoms with Crippen LogP contribution in [0.4, 0.5) is 11.4 Å². The van der Waals surface area contributed by atoms with E-state index >= 15 is 0 Å². The molecule has 0 saturated carbocycles. The van der Waals surface area contributed by atoms with Crippen LogP contribution in [-0.2, 0) is 4.79 Å². The average molecular weight is 344 g/mol. The molecular formula is C18H20N2O5. The molecule has 0 radical (unpaired) electrons. The molecule has 2 rings (SSSR count). The number of benzene rings is 2. The van der Waals surface area contributed by atoms with E-state index in [0.29, 0.717) is 11.4 Å². The monoisotopic (exact) mass is 344 g/mol. The summed E-state index contributed by atoms with van der Waals surface area (Å²) < 4.78 is 10.8. The van der Waals surface area contributed by atoms with Gasteiger partial charge in [0.05, 0.1) is 23.8 Å². The van der Waals surface area contributed by atoms with E-state index in [1.807, 2.05) is 32.9 Å². The molecule has 25 heavy (non-hydrogen) atoms. The molecule has 0 spiro atoms. The molecule has 0 aliphatic heterocycles. The predicted octanol–water partition coefficient (Wildman–Crippen LogP) is 3.55. The maximum atomic E-state index is 12.2. The summed E-state index contributed by atoms with van der Waals surface area (Å²) in [5.41, 5.74) is 3.25. The second kappa shape index (κ2) is 7.65. The maximum Gasteiger partial charge on any atom is 0.273 e. The number of nitro benzene ring substituents is 1. The second-order valence-corrected chi connectivity index (χ2v) is 5.63. The molecule has 0 fully saturated rings. The fourth-order valence-corrected chi connectivity index (χ4v) is 2.37. The molecule has 0 aliphatic rings. The van der Waals surface area contributed by atoms with Crippen LogP contribution in [0, 0.1) is 30.9 Å². The number of rotatable bonds is 6. The zero-order valence-corrected chi connectivity index (χ0v) is 14.6. The smallest absolute Gasteiger partial charge is 0.273 e. The van der Waals surface area contributed by atoms with Gasteiger partial charge >= 0.3 is 0 Å². The quantitative estimate of drug-likeness (QED) is 0.639. The minimum absolute atomic E-state index is 0.114. The van der Waals surface area contributed by atoms with Gasteiger partial charge in [-0.05, 0) is 43.5 Å². The Kier molecular flexibility index (Phi) is 5.59. The molecule has 7 heteroatoms. The first-order chi connectivity index (χ1) is 11.8. The summed E-state index contributed by atoms with van der Waals surface area (Å²) in [6.07, 6.45) is 0. The number of carbonyl (C=O) groups excluding carboxylic acids is 1. The van der Waals surface area contributed by atoms with Crippen molar-refractivity contribution in [1.29, 1.82) is 0 Å². The van der Waals surface area contributed by atoms with E-state index in [1.165, 1.54) is 25.3 Å². The first kappa shape index (κ1) is 18.3. The summed E-state index contributed by atoms with van der Waals surface area (Å²) in [5.74, 6) is 0.517. The van der Waals surface area contributed by atoms with Crippen molar-refractivity contribution in [2.45, 2.75) is 20.8 Å². The molecule has 0 heterocycles. The van der Waals surface area contributed by atoms with Crippen molar-refractivity contribution >= 4 is 17.3 Å². The average Bonchev–Trinajstić information content (AvgIpc) is 2.58. The van der Waals surface area contributed by atoms with Gasteiger partial charge in [-0.1, -0.05) is 12.1 Å². The van der Waals surface area contributed by atoms with E-state index in [2.05, 4.69) is 5.32 Å². The minimum atomic E-state index is -0.527. The number of hydrogen-bond donors (Lipinski definition) is 1. The highest BCUT2D eigenvalue weighted by Gasteiger charge is 2.14. The molecule has 0 unspecified atom stereocenters. The maximum absolute atomic E-state index is 12.2. The predicted molar refractivity (Wildman–Crippen MR) is 94.4 cm³/mol. The fraction of sp³-hybridized carbons (Fsp3) is 0.278. The Balaban J connectivity index is 2.09. The van der Waals surface area contributed by atoms with Crippen LogP contribution in [0.1, 0.15) is 16.7 Å². The first-order valence-corrected chi connectivity index (χ1v) is 7.65. The number of carbonyl (C=O) groups is 1. The summed E-state index contributed by atoms with van der Waals surface area (Å²) in [4.78, 5) is 22.4. The number of hydrogen-bond acceptors (Lipinski definition) is 5. The van der Waals surface area contributed by atoms with Gasteiger partial charge < -0.3 is 14.8 Å². The number of nitro groups is 1. The van der Waals surface area contributed by atoms with Gasteiger partial charge in [0.2, 0.25) is 0 Å². The lowest BCUT2D eigenvalue weighted by molar-refractivity contribution is -0.384. The topological polar surface area (TPSA) is 90.7 Å². The number of ether oxygens (including phenoxy) is 2. The third kappa shape index (κ3) is 4.26. The molecular weight excluding hydrogens is 324 g/mol. The molecule has 0 aromatic heterocycles. The van der Waals surface area contributed by atoms with Crippen molar-refractivity contribution in [1.82, 2.24) is 0 Å². The lowest BCUT2D eigenvalue weighted by Crippen LogP contribution is -2.21. The molecule has 132 valence electrons. The van der Waals surface area contributed by atoms with Gasteiger partial charge in [-0.25, -0.2) is 0 Å². The van der Waals surface area contributed by atoms with Crippen LogP contribution in [0.3, 0.4) is 0 Å². The zero-order chi connectivity index (χ0) is 18.6. The molecule has 0 saturated heterocycles. The van der Waals surface area contributed by atoms with E-state index in [1.54, 1.807) is 0 Å². The molecule has 0 bridgehead atoms. The molecule has 0 aliphatic carbocycles. The molecule has 7 nitrogen and oxygen atoms in total. The van der Waals surface area contributed by atoms with Crippen molar-refractivity contribution in [3.63, 3.8) is 0 Å². The number of anilines is 1. The summed E-state index contributed by atoms with van der Waals surface area (Å²) >= 11 is 0. The number of nitrogens with one attached hydrogen (secondary N) is 1. The van der Waals surface area contributed by atoms with E-state index in [-0.39, 0.29) is 24.0 Å². The summed E-state index contributed by atoms with van der Waals surface area (Å²) in [6, 6.07) is 7.92. The SMILES string of the molecule is COc1cc([N+](=O)[O-])ccc1NC(=O)COc1c(C)ccc(C)c1C. The highest BCUT2D eigenvalue weighted by Crippen LogP contribution is 2.29. The molecule has 2 aromatic carbocycles. The lowest BCUT2D eigenvalue weighted by atomic mass is 10.1. The number of amides is 1. The molecule has 1 N–H and O–H groups in total. The Morgan fingerprint density at radius 1 is 1.16 bits per heavy atom. The highest BCUT2D eigenvalue weighted by atomic mass is 16.6. The third-order valence-corrected chi connectivity index (χ3v) is 3.89. The van der Waals surface area contributed by atoms with Crippen LogP contribution in [0.25, 0.3) is 0 Å². The summed E-state index contributed by atoms with van der Waals surface area (Å²) in [7, 11) is 1.38. The van der Waals surface area contributed by atoms with Gasteiger partial charge in [-0.15, -0.1) is 0 Å². The highest BCUT2D eigenvalue weighted by molar-refractivity contribution is 5.93. The van der Waals surface area contributed by atoms with Crippen molar-refractivity contribution < 1.29 is 19.2 Å². The van der Waals surface area contributed by atoms with E-state index in [9.17, 15) is 14.9 Å². The number of aryl methyl sites for hydroxylation is 2. The van der Waals surface area contributed by atoms with Crippen molar-refractivity contribution in [2.75, 3.05) is 19.0 Å². The second-order valence-electron chi connectivity index (χ2n) is 5.63. The van der Waals surface area contributed by atoms with Gasteiger partial charge in [-0.2, -0.15) is 0 Å². The Labute approximate surface area is 145 Å². The third-order valence-electron chi connectivity index (χ3n) is 3.89. The normalized spacial score (nSPS) is 10.2. The van der Waals surface area contributed by atoms with Crippen LogP contribution < -0.4 is 14.8 Å². The standard InChI is InChI=1S/C18H20N2O5/c1-11-5-6-12(2)18(13(11)3)25-10-17(21)19-15-8-7-14(20(22)23)9-16(15)24-4/h5-9H,10H2,1-4H3,(H,19,21). The van der Waals surface area contributed by atoms with Crippen LogP contribution in [-0.4, -0.2) is 24.5 Å². The van der Waals surface area contributed by atoms with Crippen LogP contribution >= 0.6 is 0 Å². The molecule has 2 aromatic rings. The number of nitrogens with zero attached hydrogens (tertiary/aromatic N) is 1. The van der Waals surface area contributed by atoms with Gasteiger partial charge in [0.15, 0.2) is 6.61 Å². The Morgan fingerprint density at radius 2 is 1.84 bits per heavy atom. The largest absolute Gasteiger partial charge is 0.494 e. The molecule has 0 atom stereocenters. The van der Waals surface area contributed by atoms with E-state index in [0.717, 1.165) is 16.7 Å². The van der Waals surface area contributed by atoms with Gasteiger partial charge in [0.1, 0.15) is 11.5 Å². The van der Waals surface area contributed by atoms with Crippen LogP contribution in [0.5, 0.6) is 11.5 Å². The van der Waals surface area contributed by atoms with Crippen molar-refractivity contribution in [3.05, 3.63) is 57.1 Å². The number of non-ortho nitro benzene ring substituents is 1. The minimum Gasteiger partial charge on any atom is -0.494 e.